The van der Waals surface area contributed by atoms with Crippen LogP contribution >= 0.6 is 22.6 Å². The molecule has 0 fully saturated rings. The number of hydrogen-bond acceptors (Lipinski definition) is 4. The van der Waals surface area contributed by atoms with Crippen molar-refractivity contribution >= 4 is 34.2 Å². The minimum atomic E-state index is -0.437. The Kier molecular flexibility index (Phi) is 2.85. The van der Waals surface area contributed by atoms with Crippen LogP contribution in [0.1, 0.15) is 10.4 Å². The predicted octanol–water partition coefficient (Wildman–Crippen LogP) is 1.05. The first kappa shape index (κ1) is 9.24. The number of nitrogens with two attached hydrogens (primary N) is 1. The normalized spacial score (nSPS) is 9.50. The lowest BCUT2D eigenvalue weighted by Gasteiger charge is -2.03. The standard InChI is InChI=1S/C7H7IN2O2/c1-12-7(11)4-2-3-10-6(8)5(4)9/h2-3H,9H2,1H3. The summed E-state index contributed by atoms with van der Waals surface area (Å²) in [5.74, 6) is -0.437. The van der Waals surface area contributed by atoms with Gasteiger partial charge in [0.15, 0.2) is 0 Å². The zero-order valence-corrected chi connectivity index (χ0v) is 8.53. The molecule has 1 heterocycles. The number of carbonyl (C=O) groups excluding carboxylic acids is 1. The Balaban J connectivity index is 3.16. The molecule has 4 nitrogen and oxygen atoms in total. The molecule has 0 aliphatic carbocycles. The van der Waals surface area contributed by atoms with E-state index in [2.05, 4.69) is 9.72 Å². The number of rotatable bonds is 1. The van der Waals surface area contributed by atoms with Crippen molar-refractivity contribution in [1.82, 2.24) is 4.98 Å². The number of ether oxygens (including phenoxy) is 1. The number of nitrogen functional groups attached to an aromatic ring is 1. The Hall–Kier alpha value is -0.850. The first-order valence-corrected chi connectivity index (χ1v) is 4.23. The highest BCUT2D eigenvalue weighted by molar-refractivity contribution is 14.1. The quantitative estimate of drug-likeness (QED) is 0.474. The van der Waals surface area contributed by atoms with Crippen molar-refractivity contribution < 1.29 is 9.53 Å². The van der Waals surface area contributed by atoms with Crippen LogP contribution in [0.2, 0.25) is 0 Å². The summed E-state index contributed by atoms with van der Waals surface area (Å²) >= 11 is 1.96. The van der Waals surface area contributed by atoms with Crippen LogP contribution in [0.25, 0.3) is 0 Å². The zero-order valence-electron chi connectivity index (χ0n) is 6.37. The van der Waals surface area contributed by atoms with Crippen LogP contribution < -0.4 is 5.73 Å². The van der Waals surface area contributed by atoms with Crippen LogP contribution in [0.5, 0.6) is 0 Å². The Bertz CT molecular complexity index is 314. The van der Waals surface area contributed by atoms with Crippen molar-refractivity contribution in [2.75, 3.05) is 12.8 Å². The fourth-order valence-electron chi connectivity index (χ4n) is 0.736. The number of hydrogen-bond donors (Lipinski definition) is 1. The lowest BCUT2D eigenvalue weighted by atomic mass is 10.2. The fraction of sp³-hybridized carbons (Fsp3) is 0.143. The maximum Gasteiger partial charge on any atom is 0.340 e. The van der Waals surface area contributed by atoms with Crippen LogP contribution in [0, 0.1) is 3.70 Å². The third kappa shape index (κ3) is 1.66. The molecule has 1 rings (SSSR count). The molecule has 0 aliphatic rings. The van der Waals surface area contributed by atoms with Gasteiger partial charge in [-0.1, -0.05) is 0 Å². The van der Waals surface area contributed by atoms with Crippen LogP contribution in [0.3, 0.4) is 0 Å². The predicted molar refractivity (Wildman–Crippen MR) is 52.7 cm³/mol. The van der Waals surface area contributed by atoms with Gasteiger partial charge >= 0.3 is 5.97 Å². The summed E-state index contributed by atoms with van der Waals surface area (Å²) in [7, 11) is 1.31. The van der Waals surface area contributed by atoms with Gasteiger partial charge in [-0.2, -0.15) is 0 Å². The van der Waals surface area contributed by atoms with Gasteiger partial charge in [0.05, 0.1) is 18.4 Å². The summed E-state index contributed by atoms with van der Waals surface area (Å²) < 4.78 is 5.13. The summed E-state index contributed by atoms with van der Waals surface area (Å²) in [6.07, 6.45) is 1.52. The second-order valence-electron chi connectivity index (χ2n) is 2.05. The summed E-state index contributed by atoms with van der Waals surface area (Å²) in [6.45, 7) is 0. The van der Waals surface area contributed by atoms with E-state index in [9.17, 15) is 4.79 Å². The van der Waals surface area contributed by atoms with Crippen LogP contribution in [0.15, 0.2) is 12.3 Å². The smallest absolute Gasteiger partial charge is 0.340 e. The molecule has 0 aromatic carbocycles. The molecule has 5 heteroatoms. The molecule has 0 saturated carbocycles. The van der Waals surface area contributed by atoms with E-state index in [0.717, 1.165) is 0 Å². The number of nitrogens with zero attached hydrogens (tertiary/aromatic N) is 1. The minimum Gasteiger partial charge on any atom is -0.465 e. The molecular weight excluding hydrogens is 271 g/mol. The van der Waals surface area contributed by atoms with Gasteiger partial charge in [0, 0.05) is 6.20 Å². The molecule has 0 unspecified atom stereocenters. The number of halogens is 1. The largest absolute Gasteiger partial charge is 0.465 e. The highest BCUT2D eigenvalue weighted by atomic mass is 127. The molecule has 12 heavy (non-hydrogen) atoms. The molecule has 0 amide bonds. The number of anilines is 1. The first-order chi connectivity index (χ1) is 5.66. The third-order valence-electron chi connectivity index (χ3n) is 1.35. The molecule has 0 radical (unpaired) electrons. The Morgan fingerprint density at radius 3 is 3.00 bits per heavy atom. The lowest BCUT2D eigenvalue weighted by molar-refractivity contribution is 0.0602. The van der Waals surface area contributed by atoms with Crippen molar-refractivity contribution in [2.45, 2.75) is 0 Å². The van der Waals surface area contributed by atoms with Gasteiger partial charge in [0.25, 0.3) is 0 Å². The molecule has 0 spiro atoms. The zero-order chi connectivity index (χ0) is 9.14. The van der Waals surface area contributed by atoms with E-state index in [-0.39, 0.29) is 0 Å². The molecule has 0 atom stereocenters. The number of esters is 1. The van der Waals surface area contributed by atoms with Crippen molar-refractivity contribution in [3.63, 3.8) is 0 Å². The second-order valence-corrected chi connectivity index (χ2v) is 3.08. The van der Waals surface area contributed by atoms with Gasteiger partial charge in [0.2, 0.25) is 0 Å². The first-order valence-electron chi connectivity index (χ1n) is 3.15. The van der Waals surface area contributed by atoms with E-state index in [1.165, 1.54) is 19.4 Å². The van der Waals surface area contributed by atoms with Crippen molar-refractivity contribution in [1.29, 1.82) is 0 Å². The Labute approximate surface area is 83.3 Å². The molecule has 0 bridgehead atoms. The number of carbonyl (C=O) groups is 1. The van der Waals surface area contributed by atoms with E-state index >= 15 is 0 Å². The van der Waals surface area contributed by atoms with Crippen LogP contribution in [0.4, 0.5) is 5.69 Å². The Morgan fingerprint density at radius 1 is 1.75 bits per heavy atom. The Morgan fingerprint density at radius 2 is 2.42 bits per heavy atom. The minimum absolute atomic E-state index is 0.358. The molecule has 0 aliphatic heterocycles. The maximum absolute atomic E-state index is 11.1. The lowest BCUT2D eigenvalue weighted by Crippen LogP contribution is -2.07. The summed E-state index contributed by atoms with van der Waals surface area (Å²) in [4.78, 5) is 15.0. The summed E-state index contributed by atoms with van der Waals surface area (Å²) in [6, 6.07) is 1.53. The topological polar surface area (TPSA) is 65.2 Å². The molecule has 64 valence electrons. The highest BCUT2D eigenvalue weighted by Gasteiger charge is 2.11. The van der Waals surface area contributed by atoms with E-state index in [4.69, 9.17) is 5.73 Å². The molecule has 1 aromatic rings. The average Bonchev–Trinajstić information content (AvgIpc) is 2.08. The van der Waals surface area contributed by atoms with Gasteiger partial charge in [0.1, 0.15) is 3.70 Å². The van der Waals surface area contributed by atoms with Crippen LogP contribution in [-0.2, 0) is 4.74 Å². The van der Waals surface area contributed by atoms with Gasteiger partial charge in [-0.25, -0.2) is 9.78 Å². The maximum atomic E-state index is 11.1. The third-order valence-corrected chi connectivity index (χ3v) is 2.21. The summed E-state index contributed by atoms with van der Waals surface area (Å²) in [5.41, 5.74) is 6.31. The van der Waals surface area contributed by atoms with Crippen molar-refractivity contribution in [3.05, 3.63) is 21.5 Å². The van der Waals surface area contributed by atoms with Gasteiger partial charge < -0.3 is 10.5 Å². The van der Waals surface area contributed by atoms with Gasteiger partial charge in [-0.3, -0.25) is 0 Å². The van der Waals surface area contributed by atoms with Gasteiger partial charge in [-0.15, -0.1) is 0 Å². The van der Waals surface area contributed by atoms with E-state index in [1.54, 1.807) is 0 Å². The van der Waals surface area contributed by atoms with Crippen molar-refractivity contribution in [2.24, 2.45) is 0 Å². The molecule has 1 aromatic heterocycles. The number of aromatic nitrogens is 1. The molecule has 0 saturated heterocycles. The fourth-order valence-corrected chi connectivity index (χ4v) is 1.19. The van der Waals surface area contributed by atoms with Crippen molar-refractivity contribution in [3.8, 4) is 0 Å². The van der Waals surface area contributed by atoms with E-state index in [0.29, 0.717) is 15.0 Å². The number of pyridine rings is 1. The summed E-state index contributed by atoms with van der Waals surface area (Å²) in [5, 5.41) is 0. The molecule has 2 N–H and O–H groups in total. The monoisotopic (exact) mass is 278 g/mol. The van der Waals surface area contributed by atoms with Gasteiger partial charge in [-0.05, 0) is 28.7 Å². The number of methoxy groups -OCH3 is 1. The second kappa shape index (κ2) is 3.70. The van der Waals surface area contributed by atoms with E-state index < -0.39 is 5.97 Å². The van der Waals surface area contributed by atoms with Crippen LogP contribution in [-0.4, -0.2) is 18.1 Å². The molecular formula is C7H7IN2O2. The average molecular weight is 278 g/mol. The SMILES string of the molecule is COC(=O)c1ccnc(I)c1N. The highest BCUT2D eigenvalue weighted by Crippen LogP contribution is 2.17. The van der Waals surface area contributed by atoms with E-state index in [1.807, 2.05) is 22.6 Å².